The first-order valence-corrected chi connectivity index (χ1v) is 13.6. The lowest BCUT2D eigenvalue weighted by atomic mass is 10.00. The fraction of sp³-hybridized carbons (Fsp3) is 0.433. The highest BCUT2D eigenvalue weighted by Crippen LogP contribution is 2.19. The van der Waals surface area contributed by atoms with Gasteiger partial charge in [-0.15, -0.1) is 0 Å². The van der Waals surface area contributed by atoms with Crippen molar-refractivity contribution >= 4 is 23.8 Å². The third-order valence-corrected chi connectivity index (χ3v) is 6.51. The van der Waals surface area contributed by atoms with Crippen LogP contribution in [0.2, 0.25) is 0 Å². The van der Waals surface area contributed by atoms with Gasteiger partial charge in [0.2, 0.25) is 17.7 Å². The summed E-state index contributed by atoms with van der Waals surface area (Å²) in [6, 6.07) is 12.1. The molecule has 39 heavy (non-hydrogen) atoms. The molecule has 9 nitrogen and oxygen atoms in total. The zero-order valence-corrected chi connectivity index (χ0v) is 22.9. The van der Waals surface area contributed by atoms with Crippen LogP contribution in [-0.4, -0.2) is 60.6 Å². The average Bonchev–Trinajstić information content (AvgIpc) is 2.91. The van der Waals surface area contributed by atoms with Crippen LogP contribution in [-0.2, 0) is 20.8 Å². The van der Waals surface area contributed by atoms with Crippen LogP contribution in [0, 0.1) is 5.92 Å². The summed E-state index contributed by atoms with van der Waals surface area (Å²) in [4.78, 5) is 39.7. The first kappa shape index (κ1) is 29.7. The number of carbonyl (C=O) groups excluding carboxylic acids is 3. The third-order valence-electron chi connectivity index (χ3n) is 6.51. The Morgan fingerprint density at radius 1 is 0.949 bits per heavy atom. The molecule has 1 aliphatic rings. The van der Waals surface area contributed by atoms with Gasteiger partial charge < -0.3 is 31.1 Å². The van der Waals surface area contributed by atoms with E-state index in [-0.39, 0.29) is 23.5 Å². The average molecular weight is 537 g/mol. The Balaban J connectivity index is 1.88. The van der Waals surface area contributed by atoms with E-state index in [1.165, 1.54) is 0 Å². The molecule has 9 heteroatoms. The predicted octanol–water partition coefficient (Wildman–Crippen LogP) is 2.54. The van der Waals surface area contributed by atoms with Gasteiger partial charge in [0, 0.05) is 18.7 Å². The van der Waals surface area contributed by atoms with Crippen LogP contribution in [0.1, 0.15) is 44.7 Å². The second-order valence-electron chi connectivity index (χ2n) is 9.99. The van der Waals surface area contributed by atoms with Gasteiger partial charge in [0.25, 0.3) is 0 Å². The Labute approximate surface area is 230 Å². The molecule has 1 aliphatic heterocycles. The predicted molar refractivity (Wildman–Crippen MR) is 151 cm³/mol. The number of hydrogen-bond acceptors (Lipinski definition) is 6. The maximum atomic E-state index is 13.5. The molecule has 0 bridgehead atoms. The smallest absolute Gasteiger partial charge is 0.243 e. The molecule has 0 saturated heterocycles. The molecule has 0 unspecified atom stereocenters. The van der Waals surface area contributed by atoms with Gasteiger partial charge in [-0.2, -0.15) is 0 Å². The highest BCUT2D eigenvalue weighted by atomic mass is 16.5. The first-order chi connectivity index (χ1) is 18.8. The molecule has 0 saturated carbocycles. The molecule has 3 amide bonds. The van der Waals surface area contributed by atoms with Crippen molar-refractivity contribution in [3.05, 3.63) is 65.7 Å². The maximum Gasteiger partial charge on any atom is 0.243 e. The molecule has 0 aromatic heterocycles. The van der Waals surface area contributed by atoms with E-state index in [0.29, 0.717) is 44.7 Å². The highest BCUT2D eigenvalue weighted by molar-refractivity contribution is 5.93. The van der Waals surface area contributed by atoms with Crippen LogP contribution in [0.25, 0.3) is 6.08 Å². The summed E-state index contributed by atoms with van der Waals surface area (Å²) in [6.07, 6.45) is 5.25. The molecule has 0 spiro atoms. The molecule has 0 fully saturated rings. The monoisotopic (exact) mass is 536 g/mol. The summed E-state index contributed by atoms with van der Waals surface area (Å²) < 4.78 is 6.00. The first-order valence-electron chi connectivity index (χ1n) is 13.6. The fourth-order valence-corrected chi connectivity index (χ4v) is 4.35. The van der Waals surface area contributed by atoms with Gasteiger partial charge in [-0.25, -0.2) is 0 Å². The molecule has 210 valence electrons. The number of carbonyl (C=O) groups is 3. The summed E-state index contributed by atoms with van der Waals surface area (Å²) in [7, 11) is 0. The standard InChI is InChI=1S/C30H40N4O5/c1-4-8-24-28(36)32-16-7-10-22-9-5-6-11-26(22)39-18-17-31-25(19-21-12-14-23(35)15-13-21)29(37)34-27(20(2)3)30(38)33-24/h5-7,9-15,20,24-25,27,31,35H,4,8,16-19H2,1-3H3,(H,32,36)(H,33,38)(H,34,37)/b10-7+/t24-,25-,27-/m1/s1. The number of aromatic hydroxyl groups is 1. The molecule has 5 N–H and O–H groups in total. The van der Waals surface area contributed by atoms with Crippen molar-refractivity contribution in [1.29, 1.82) is 0 Å². The summed E-state index contributed by atoms with van der Waals surface area (Å²) in [5.74, 6) is -0.381. The molecule has 0 radical (unpaired) electrons. The largest absolute Gasteiger partial charge is 0.508 e. The lowest BCUT2D eigenvalue weighted by Gasteiger charge is -2.27. The lowest BCUT2D eigenvalue weighted by Crippen LogP contribution is -2.58. The van der Waals surface area contributed by atoms with E-state index in [2.05, 4.69) is 21.3 Å². The topological polar surface area (TPSA) is 129 Å². The molecule has 2 aromatic carbocycles. The van der Waals surface area contributed by atoms with Crippen molar-refractivity contribution in [2.75, 3.05) is 19.7 Å². The van der Waals surface area contributed by atoms with Crippen LogP contribution in [0.15, 0.2) is 54.6 Å². The number of rotatable bonds is 5. The van der Waals surface area contributed by atoms with Crippen LogP contribution >= 0.6 is 0 Å². The zero-order chi connectivity index (χ0) is 28.2. The fourth-order valence-electron chi connectivity index (χ4n) is 4.35. The van der Waals surface area contributed by atoms with Gasteiger partial charge in [0.05, 0.1) is 6.04 Å². The SMILES string of the molecule is CCC[C@H]1NC(=O)[C@@H](C(C)C)NC(=O)[C@@H](Cc2ccc(O)cc2)NCCOc2ccccc2/C=C/CNC1=O. The Kier molecular flexibility index (Phi) is 11.4. The van der Waals surface area contributed by atoms with E-state index >= 15 is 0 Å². The second-order valence-corrected chi connectivity index (χ2v) is 9.99. The van der Waals surface area contributed by atoms with Crippen molar-refractivity contribution < 1.29 is 24.2 Å². The minimum Gasteiger partial charge on any atom is -0.508 e. The number of para-hydroxylation sites is 1. The number of amides is 3. The van der Waals surface area contributed by atoms with E-state index in [4.69, 9.17) is 4.74 Å². The summed E-state index contributed by atoms with van der Waals surface area (Å²) >= 11 is 0. The maximum absolute atomic E-state index is 13.5. The van der Waals surface area contributed by atoms with E-state index in [0.717, 1.165) is 11.1 Å². The molecular formula is C30H40N4O5. The van der Waals surface area contributed by atoms with Crippen LogP contribution in [0.4, 0.5) is 0 Å². The number of ether oxygens (including phenoxy) is 1. The molecule has 2 aromatic rings. The number of fused-ring (bicyclic) bond motifs is 1. The third kappa shape index (κ3) is 9.14. The molecule has 1 heterocycles. The Bertz CT molecular complexity index is 1130. The summed E-state index contributed by atoms with van der Waals surface area (Å²) in [5.41, 5.74) is 1.72. The van der Waals surface area contributed by atoms with Crippen LogP contribution < -0.4 is 26.0 Å². The Morgan fingerprint density at radius 3 is 2.41 bits per heavy atom. The van der Waals surface area contributed by atoms with Crippen molar-refractivity contribution in [1.82, 2.24) is 21.3 Å². The summed E-state index contributed by atoms with van der Waals surface area (Å²) in [6.45, 7) is 6.65. The molecule has 3 atom stereocenters. The minimum atomic E-state index is -0.823. The lowest BCUT2D eigenvalue weighted by molar-refractivity contribution is -0.133. The van der Waals surface area contributed by atoms with Crippen molar-refractivity contribution in [2.24, 2.45) is 5.92 Å². The number of phenolic OH excluding ortho intramolecular Hbond substituents is 1. The van der Waals surface area contributed by atoms with E-state index < -0.39 is 24.0 Å². The Morgan fingerprint density at radius 2 is 1.69 bits per heavy atom. The van der Waals surface area contributed by atoms with Crippen molar-refractivity contribution in [3.63, 3.8) is 0 Å². The number of hydrogen-bond donors (Lipinski definition) is 5. The van der Waals surface area contributed by atoms with Crippen molar-refractivity contribution in [2.45, 2.75) is 58.2 Å². The van der Waals surface area contributed by atoms with Gasteiger partial charge in [-0.3, -0.25) is 14.4 Å². The normalized spacial score (nSPS) is 22.4. The van der Waals surface area contributed by atoms with Crippen LogP contribution in [0.5, 0.6) is 11.5 Å². The minimum absolute atomic E-state index is 0.143. The van der Waals surface area contributed by atoms with Gasteiger partial charge in [-0.1, -0.05) is 69.7 Å². The molecular weight excluding hydrogens is 496 g/mol. The molecule has 0 aliphatic carbocycles. The number of phenols is 1. The molecule has 3 rings (SSSR count). The van der Waals surface area contributed by atoms with Gasteiger partial charge in [0.1, 0.15) is 30.2 Å². The van der Waals surface area contributed by atoms with E-state index in [9.17, 15) is 19.5 Å². The van der Waals surface area contributed by atoms with Crippen LogP contribution in [0.3, 0.4) is 0 Å². The van der Waals surface area contributed by atoms with E-state index in [1.54, 1.807) is 24.3 Å². The van der Waals surface area contributed by atoms with Gasteiger partial charge >= 0.3 is 0 Å². The Hall–Kier alpha value is -3.85. The van der Waals surface area contributed by atoms with Gasteiger partial charge in [-0.05, 0) is 42.5 Å². The quantitative estimate of drug-likeness (QED) is 0.400. The second kappa shape index (κ2) is 14.9. The summed E-state index contributed by atoms with van der Waals surface area (Å²) in [5, 5.41) is 21.5. The van der Waals surface area contributed by atoms with Crippen molar-refractivity contribution in [3.8, 4) is 11.5 Å². The number of nitrogens with one attached hydrogen (secondary N) is 4. The zero-order valence-electron chi connectivity index (χ0n) is 22.9. The van der Waals surface area contributed by atoms with E-state index in [1.807, 2.05) is 57.2 Å². The number of benzene rings is 2. The highest BCUT2D eigenvalue weighted by Gasteiger charge is 2.30. The van der Waals surface area contributed by atoms with Gasteiger partial charge in [0.15, 0.2) is 0 Å².